The molecule has 0 unspecified atom stereocenters. The Hall–Kier alpha value is -1.67. The molecule has 0 radical (unpaired) electrons. The third-order valence-electron chi connectivity index (χ3n) is 4.38. The van der Waals surface area contributed by atoms with Gasteiger partial charge < -0.3 is 10.6 Å². The van der Waals surface area contributed by atoms with Gasteiger partial charge in [-0.3, -0.25) is 4.79 Å². The number of hydrogen-bond acceptors (Lipinski definition) is 5. The van der Waals surface area contributed by atoms with Gasteiger partial charge in [-0.1, -0.05) is 20.8 Å². The number of sulfonamides is 1. The van der Waals surface area contributed by atoms with Gasteiger partial charge in [0.25, 0.3) is 5.91 Å². The minimum atomic E-state index is -3.30. The summed E-state index contributed by atoms with van der Waals surface area (Å²) < 4.78 is 27.1. The lowest BCUT2D eigenvalue weighted by molar-refractivity contribution is 0.100. The zero-order valence-corrected chi connectivity index (χ0v) is 15.2. The lowest BCUT2D eigenvalue weighted by atomic mass is 9.92. The predicted molar refractivity (Wildman–Crippen MR) is 94.3 cm³/mol. The van der Waals surface area contributed by atoms with Crippen LogP contribution in [0.4, 0.5) is 5.82 Å². The Morgan fingerprint density at radius 1 is 1.46 bits per heavy atom. The maximum absolute atomic E-state index is 12.2. The van der Waals surface area contributed by atoms with E-state index in [1.165, 1.54) is 0 Å². The van der Waals surface area contributed by atoms with Crippen molar-refractivity contribution in [1.82, 2.24) is 9.71 Å². The molecule has 0 spiro atoms. The first kappa shape index (κ1) is 18.7. The van der Waals surface area contributed by atoms with E-state index in [0.29, 0.717) is 36.8 Å². The normalized spacial score (nSPS) is 21.4. The molecule has 1 aliphatic rings. The van der Waals surface area contributed by atoms with E-state index in [0.717, 1.165) is 0 Å². The third-order valence-corrected chi connectivity index (χ3v) is 5.98. The van der Waals surface area contributed by atoms with Gasteiger partial charge in [-0.25, -0.2) is 18.1 Å². The molecule has 1 aromatic rings. The number of nitrogens with one attached hydrogen (secondary N) is 1. The summed E-state index contributed by atoms with van der Waals surface area (Å²) in [5.74, 6) is 0.538. The number of amides is 1. The van der Waals surface area contributed by atoms with Gasteiger partial charge >= 0.3 is 0 Å². The summed E-state index contributed by atoms with van der Waals surface area (Å²) in [4.78, 5) is 17.9. The highest BCUT2D eigenvalue weighted by molar-refractivity contribution is 7.89. The van der Waals surface area contributed by atoms with Crippen molar-refractivity contribution in [2.75, 3.05) is 23.7 Å². The van der Waals surface area contributed by atoms with Crippen LogP contribution in [-0.4, -0.2) is 44.2 Å². The number of anilines is 1. The van der Waals surface area contributed by atoms with Gasteiger partial charge in [-0.2, -0.15) is 0 Å². The van der Waals surface area contributed by atoms with Crippen LogP contribution in [0.15, 0.2) is 18.3 Å². The van der Waals surface area contributed by atoms with E-state index in [4.69, 9.17) is 5.73 Å². The molecule has 2 heterocycles. The molecule has 134 valence electrons. The summed E-state index contributed by atoms with van der Waals surface area (Å²) in [6.45, 7) is 7.09. The van der Waals surface area contributed by atoms with Gasteiger partial charge in [0.05, 0.1) is 11.3 Å². The summed E-state index contributed by atoms with van der Waals surface area (Å²) in [5, 5.41) is 0. The molecule has 24 heavy (non-hydrogen) atoms. The zero-order valence-electron chi connectivity index (χ0n) is 14.4. The lowest BCUT2D eigenvalue weighted by Gasteiger charge is -2.22. The van der Waals surface area contributed by atoms with Crippen molar-refractivity contribution in [3.63, 3.8) is 0 Å². The van der Waals surface area contributed by atoms with Crippen LogP contribution in [0, 0.1) is 11.8 Å². The van der Waals surface area contributed by atoms with Crippen LogP contribution >= 0.6 is 0 Å². The molecule has 3 N–H and O–H groups in total. The number of carbonyl (C=O) groups excluding carboxylic acids is 1. The molecule has 0 saturated carbocycles. The Morgan fingerprint density at radius 2 is 2.17 bits per heavy atom. The van der Waals surface area contributed by atoms with E-state index in [2.05, 4.69) is 23.6 Å². The van der Waals surface area contributed by atoms with Crippen molar-refractivity contribution < 1.29 is 13.2 Å². The van der Waals surface area contributed by atoms with Crippen molar-refractivity contribution in [1.29, 1.82) is 0 Å². The summed E-state index contributed by atoms with van der Waals surface area (Å²) in [6.07, 6.45) is 2.19. The highest BCUT2D eigenvalue weighted by Crippen LogP contribution is 2.29. The van der Waals surface area contributed by atoms with Crippen molar-refractivity contribution >= 4 is 21.7 Å². The fourth-order valence-corrected chi connectivity index (χ4v) is 4.57. The van der Waals surface area contributed by atoms with Gasteiger partial charge in [0.1, 0.15) is 5.82 Å². The van der Waals surface area contributed by atoms with Crippen molar-refractivity contribution in [3.05, 3.63) is 23.9 Å². The molecule has 0 bridgehead atoms. The van der Waals surface area contributed by atoms with E-state index >= 15 is 0 Å². The summed E-state index contributed by atoms with van der Waals surface area (Å²) in [6, 6.07) is 3.11. The molecular formula is C16H26N4O3S. The Labute approximate surface area is 143 Å². The Morgan fingerprint density at radius 3 is 2.75 bits per heavy atom. The van der Waals surface area contributed by atoms with Crippen LogP contribution < -0.4 is 15.4 Å². The van der Waals surface area contributed by atoms with E-state index in [-0.39, 0.29) is 17.7 Å². The van der Waals surface area contributed by atoms with Crippen molar-refractivity contribution in [2.24, 2.45) is 17.6 Å². The molecule has 2 atom stereocenters. The molecule has 0 aromatic carbocycles. The topological polar surface area (TPSA) is 105 Å². The predicted octanol–water partition coefficient (Wildman–Crippen LogP) is 0.971. The third kappa shape index (κ3) is 4.24. The summed E-state index contributed by atoms with van der Waals surface area (Å²) in [5.41, 5.74) is 5.79. The highest BCUT2D eigenvalue weighted by Gasteiger charge is 2.38. The van der Waals surface area contributed by atoms with Crippen LogP contribution in [0.5, 0.6) is 0 Å². The minimum absolute atomic E-state index is 0.116. The fourth-order valence-electron chi connectivity index (χ4n) is 3.20. The molecule has 1 fully saturated rings. The number of aromatic nitrogens is 1. The maximum atomic E-state index is 12.2. The van der Waals surface area contributed by atoms with Crippen LogP contribution in [-0.2, 0) is 10.0 Å². The number of pyridine rings is 1. The first-order valence-electron chi connectivity index (χ1n) is 8.25. The number of carbonyl (C=O) groups is 1. The largest absolute Gasteiger partial charge is 0.365 e. The standard InChI is InChI=1S/C16H26N4O3S/c1-4-8-24(22,23)19-14-10-20(9-13(14)11(2)3)16-12(15(17)21)6-5-7-18-16/h5-7,11,13-14,19H,4,8-10H2,1-3H3,(H2,17,21)/t13-,14+/m1/s1. The molecule has 2 rings (SSSR count). The van der Waals surface area contributed by atoms with Crippen LogP contribution in [0.25, 0.3) is 0 Å². The molecule has 7 nitrogen and oxygen atoms in total. The number of nitrogens with two attached hydrogens (primary N) is 1. The molecule has 1 aromatic heterocycles. The van der Waals surface area contributed by atoms with Crippen molar-refractivity contribution in [2.45, 2.75) is 33.2 Å². The maximum Gasteiger partial charge on any atom is 0.252 e. The van der Waals surface area contributed by atoms with Gasteiger partial charge in [0.15, 0.2) is 0 Å². The number of primary amides is 1. The Kier molecular flexibility index (Phi) is 5.82. The quantitative estimate of drug-likeness (QED) is 0.759. The number of rotatable bonds is 7. The van der Waals surface area contributed by atoms with E-state index < -0.39 is 15.9 Å². The van der Waals surface area contributed by atoms with Crippen molar-refractivity contribution in [3.8, 4) is 0 Å². The second-order valence-electron chi connectivity index (χ2n) is 6.59. The zero-order chi connectivity index (χ0) is 17.9. The molecule has 1 saturated heterocycles. The lowest BCUT2D eigenvalue weighted by Crippen LogP contribution is -2.43. The molecule has 8 heteroatoms. The average molecular weight is 354 g/mol. The van der Waals surface area contributed by atoms with E-state index in [1.807, 2.05) is 11.8 Å². The van der Waals surface area contributed by atoms with E-state index in [9.17, 15) is 13.2 Å². The number of nitrogens with zero attached hydrogens (tertiary/aromatic N) is 2. The van der Waals surface area contributed by atoms with E-state index in [1.54, 1.807) is 18.3 Å². The van der Waals surface area contributed by atoms with Gasteiger partial charge in [0.2, 0.25) is 10.0 Å². The van der Waals surface area contributed by atoms with Gasteiger partial charge in [0, 0.05) is 25.3 Å². The monoisotopic (exact) mass is 354 g/mol. The molecular weight excluding hydrogens is 328 g/mol. The average Bonchev–Trinajstić information content (AvgIpc) is 2.90. The fraction of sp³-hybridized carbons (Fsp3) is 0.625. The van der Waals surface area contributed by atoms with Crippen LogP contribution in [0.1, 0.15) is 37.6 Å². The SMILES string of the molecule is CCCS(=O)(=O)N[C@H]1CN(c2ncccc2C(N)=O)C[C@@H]1C(C)C. The second kappa shape index (κ2) is 7.48. The first-order valence-corrected chi connectivity index (χ1v) is 9.90. The summed E-state index contributed by atoms with van der Waals surface area (Å²) >= 11 is 0. The second-order valence-corrected chi connectivity index (χ2v) is 8.47. The minimum Gasteiger partial charge on any atom is -0.365 e. The molecule has 1 amide bonds. The summed E-state index contributed by atoms with van der Waals surface area (Å²) in [7, 11) is -3.30. The highest BCUT2D eigenvalue weighted by atomic mass is 32.2. The Bertz CT molecular complexity index is 690. The number of hydrogen-bond donors (Lipinski definition) is 2. The van der Waals surface area contributed by atoms with Crippen LogP contribution in [0.2, 0.25) is 0 Å². The van der Waals surface area contributed by atoms with Crippen LogP contribution in [0.3, 0.4) is 0 Å². The molecule has 0 aliphatic carbocycles. The van der Waals surface area contributed by atoms with Gasteiger partial charge in [-0.05, 0) is 30.4 Å². The molecule has 1 aliphatic heterocycles. The Balaban J connectivity index is 2.26. The van der Waals surface area contributed by atoms with Gasteiger partial charge in [-0.15, -0.1) is 0 Å². The first-order chi connectivity index (χ1) is 11.2. The smallest absolute Gasteiger partial charge is 0.252 e.